The van der Waals surface area contributed by atoms with Gasteiger partial charge < -0.3 is 9.64 Å². The second-order valence-electron chi connectivity index (χ2n) is 9.49. The maximum atomic E-state index is 13.7. The van der Waals surface area contributed by atoms with Crippen molar-refractivity contribution in [3.05, 3.63) is 95.6 Å². The number of alkyl halides is 3. The Morgan fingerprint density at radius 2 is 1.63 bits per heavy atom. The maximum absolute atomic E-state index is 13.7. The molecule has 4 rings (SSSR count). The molecule has 0 radical (unpaired) electrons. The number of ether oxygens (including phenoxy) is 1. The first-order valence-corrected chi connectivity index (χ1v) is 12.7. The lowest BCUT2D eigenvalue weighted by atomic mass is 9.88. The summed E-state index contributed by atoms with van der Waals surface area (Å²) in [7, 11) is 1.31. The van der Waals surface area contributed by atoms with Crippen LogP contribution in [-0.2, 0) is 27.0 Å². The van der Waals surface area contributed by atoms with E-state index >= 15 is 0 Å². The lowest BCUT2D eigenvalue weighted by Gasteiger charge is -2.30. The van der Waals surface area contributed by atoms with Crippen LogP contribution in [0.1, 0.15) is 48.8 Å². The summed E-state index contributed by atoms with van der Waals surface area (Å²) < 4.78 is 44.1. The molecule has 1 aliphatic rings. The van der Waals surface area contributed by atoms with Crippen molar-refractivity contribution in [3.63, 3.8) is 0 Å². The molecule has 0 atom stereocenters. The summed E-state index contributed by atoms with van der Waals surface area (Å²) in [6.45, 7) is 0.322. The monoisotopic (exact) mass is 521 g/mol. The topological polar surface area (TPSA) is 46.6 Å². The fraction of sp³-hybridized carbons (Fsp3) is 0.290. The molecular weight excluding hydrogens is 491 g/mol. The zero-order valence-corrected chi connectivity index (χ0v) is 21.2. The second kappa shape index (κ2) is 12.1. The molecule has 1 fully saturated rings. The van der Waals surface area contributed by atoms with Crippen LogP contribution in [0.4, 0.5) is 18.9 Å². The van der Waals surface area contributed by atoms with E-state index in [2.05, 4.69) is 4.74 Å². The van der Waals surface area contributed by atoms with E-state index in [-0.39, 0.29) is 11.8 Å². The number of anilines is 1. The van der Waals surface area contributed by atoms with Gasteiger partial charge in [-0.1, -0.05) is 67.8 Å². The van der Waals surface area contributed by atoms with Gasteiger partial charge in [0, 0.05) is 17.7 Å². The molecule has 0 N–H and O–H groups in total. The van der Waals surface area contributed by atoms with Crippen molar-refractivity contribution in [2.45, 2.75) is 44.8 Å². The van der Waals surface area contributed by atoms with Crippen LogP contribution in [0.25, 0.3) is 17.2 Å². The second-order valence-corrected chi connectivity index (χ2v) is 9.49. The summed E-state index contributed by atoms with van der Waals surface area (Å²) in [5.74, 6) is -0.463. The molecule has 7 heteroatoms. The molecule has 0 aliphatic heterocycles. The summed E-state index contributed by atoms with van der Waals surface area (Å²) in [5, 5.41) is 0. The maximum Gasteiger partial charge on any atom is 0.416 e. The largest absolute Gasteiger partial charge is 0.466 e. The van der Waals surface area contributed by atoms with Crippen molar-refractivity contribution in [1.29, 1.82) is 0 Å². The molecular formula is C31H30F3NO3. The van der Waals surface area contributed by atoms with E-state index in [1.807, 2.05) is 36.4 Å². The van der Waals surface area contributed by atoms with E-state index in [0.717, 1.165) is 61.1 Å². The third kappa shape index (κ3) is 6.91. The van der Waals surface area contributed by atoms with E-state index in [1.54, 1.807) is 29.2 Å². The lowest BCUT2D eigenvalue weighted by Crippen LogP contribution is -2.36. The van der Waals surface area contributed by atoms with E-state index in [9.17, 15) is 22.8 Å². The van der Waals surface area contributed by atoms with E-state index < -0.39 is 17.7 Å². The molecule has 0 spiro atoms. The minimum Gasteiger partial charge on any atom is -0.466 e. The van der Waals surface area contributed by atoms with Gasteiger partial charge in [-0.2, -0.15) is 13.2 Å². The Morgan fingerprint density at radius 3 is 2.32 bits per heavy atom. The van der Waals surface area contributed by atoms with Crippen LogP contribution < -0.4 is 4.90 Å². The number of halogens is 3. The molecule has 1 amide bonds. The Kier molecular flexibility index (Phi) is 8.66. The Labute approximate surface area is 220 Å². The summed E-state index contributed by atoms with van der Waals surface area (Å²) in [5.41, 5.74) is 2.79. The van der Waals surface area contributed by atoms with Gasteiger partial charge in [-0.25, -0.2) is 4.79 Å². The van der Waals surface area contributed by atoms with Crippen molar-refractivity contribution in [2.75, 3.05) is 12.0 Å². The molecule has 0 saturated heterocycles. The van der Waals surface area contributed by atoms with Crippen molar-refractivity contribution >= 4 is 23.6 Å². The summed E-state index contributed by atoms with van der Waals surface area (Å²) in [6, 6.07) is 19.9. The summed E-state index contributed by atoms with van der Waals surface area (Å²) in [6.07, 6.45) is 3.46. The summed E-state index contributed by atoms with van der Waals surface area (Å²) in [4.78, 5) is 27.0. The number of hydrogen-bond acceptors (Lipinski definition) is 3. The Hall–Kier alpha value is -3.87. The smallest absolute Gasteiger partial charge is 0.416 e. The summed E-state index contributed by atoms with van der Waals surface area (Å²) >= 11 is 0. The number of amides is 1. The molecule has 0 heterocycles. The van der Waals surface area contributed by atoms with Crippen LogP contribution in [0.3, 0.4) is 0 Å². The number of methoxy groups -OCH3 is 1. The van der Waals surface area contributed by atoms with Gasteiger partial charge in [0.05, 0.1) is 19.2 Å². The molecule has 1 aliphatic carbocycles. The number of nitrogens with zero attached hydrogens (tertiary/aromatic N) is 1. The van der Waals surface area contributed by atoms with Gasteiger partial charge in [0.2, 0.25) is 5.91 Å². The average molecular weight is 522 g/mol. The number of esters is 1. The van der Waals surface area contributed by atoms with Crippen molar-refractivity contribution in [1.82, 2.24) is 0 Å². The Bertz CT molecular complexity index is 1290. The molecule has 1 saturated carbocycles. The quantitative estimate of drug-likeness (QED) is 0.237. The molecule has 3 aromatic carbocycles. The Balaban J connectivity index is 1.60. The Morgan fingerprint density at radius 1 is 0.921 bits per heavy atom. The highest BCUT2D eigenvalue weighted by atomic mass is 19.4. The lowest BCUT2D eigenvalue weighted by molar-refractivity contribution is -0.137. The van der Waals surface area contributed by atoms with Crippen LogP contribution >= 0.6 is 0 Å². The van der Waals surface area contributed by atoms with Gasteiger partial charge in [0.1, 0.15) is 0 Å². The first kappa shape index (κ1) is 27.2. The molecule has 4 nitrogen and oxygen atoms in total. The SMILES string of the molecule is COC(=O)/C=C/c1cccc(N(Cc2ccc(-c3cccc(C(F)(F)F)c3)cc2)C(=O)C2CCCCC2)c1. The number of benzene rings is 3. The van der Waals surface area contributed by atoms with Gasteiger partial charge >= 0.3 is 12.1 Å². The predicted octanol–water partition coefficient (Wildman–Crippen LogP) is 7.67. The zero-order valence-electron chi connectivity index (χ0n) is 21.2. The van der Waals surface area contributed by atoms with Gasteiger partial charge in [-0.15, -0.1) is 0 Å². The van der Waals surface area contributed by atoms with Crippen LogP contribution in [0.2, 0.25) is 0 Å². The fourth-order valence-corrected chi connectivity index (χ4v) is 4.76. The minimum absolute atomic E-state index is 0.0533. The number of rotatable bonds is 7. The van der Waals surface area contributed by atoms with E-state index in [1.165, 1.54) is 19.3 Å². The highest BCUT2D eigenvalue weighted by Gasteiger charge is 2.30. The van der Waals surface area contributed by atoms with Crippen LogP contribution in [0.15, 0.2) is 78.9 Å². The normalized spacial score (nSPS) is 14.4. The van der Waals surface area contributed by atoms with Crippen LogP contribution in [-0.4, -0.2) is 19.0 Å². The predicted molar refractivity (Wildman–Crippen MR) is 142 cm³/mol. The highest BCUT2D eigenvalue weighted by molar-refractivity contribution is 5.95. The van der Waals surface area contributed by atoms with Gasteiger partial charge in [-0.3, -0.25) is 4.79 Å². The third-order valence-corrected chi connectivity index (χ3v) is 6.83. The van der Waals surface area contributed by atoms with Gasteiger partial charge in [0.15, 0.2) is 0 Å². The molecule has 0 unspecified atom stereocenters. The minimum atomic E-state index is -4.41. The first-order valence-electron chi connectivity index (χ1n) is 12.7. The van der Waals surface area contributed by atoms with E-state index in [0.29, 0.717) is 17.7 Å². The number of carbonyl (C=O) groups excluding carboxylic acids is 2. The highest BCUT2D eigenvalue weighted by Crippen LogP contribution is 2.33. The molecule has 0 aromatic heterocycles. The number of carbonyl (C=O) groups is 2. The van der Waals surface area contributed by atoms with Crippen LogP contribution in [0.5, 0.6) is 0 Å². The standard InChI is InChI=1S/C31H30F3NO3/c1-38-29(36)18-15-22-7-5-12-28(19-22)35(30(37)25-8-3-2-4-9-25)21-23-13-16-24(17-14-23)26-10-6-11-27(20-26)31(32,33)34/h5-7,10-20,25H,2-4,8-9,21H2,1H3/b18-15+. The van der Waals surface area contributed by atoms with Gasteiger partial charge in [-0.05, 0) is 65.4 Å². The van der Waals surface area contributed by atoms with E-state index in [4.69, 9.17) is 0 Å². The first-order chi connectivity index (χ1) is 18.2. The van der Waals surface area contributed by atoms with Crippen molar-refractivity contribution < 1.29 is 27.5 Å². The van der Waals surface area contributed by atoms with Crippen molar-refractivity contribution in [2.24, 2.45) is 5.92 Å². The molecule has 38 heavy (non-hydrogen) atoms. The van der Waals surface area contributed by atoms with Gasteiger partial charge in [0.25, 0.3) is 0 Å². The van der Waals surface area contributed by atoms with Crippen molar-refractivity contribution in [3.8, 4) is 11.1 Å². The fourth-order valence-electron chi connectivity index (χ4n) is 4.76. The van der Waals surface area contributed by atoms with Crippen LogP contribution in [0, 0.1) is 5.92 Å². The number of hydrogen-bond donors (Lipinski definition) is 0. The molecule has 3 aromatic rings. The molecule has 198 valence electrons. The average Bonchev–Trinajstić information content (AvgIpc) is 2.95. The third-order valence-electron chi connectivity index (χ3n) is 6.83. The molecule has 0 bridgehead atoms. The zero-order chi connectivity index (χ0) is 27.1.